The number of quaternary nitrogens is 1. The Morgan fingerprint density at radius 3 is 1.31 bits per heavy atom. The molecule has 0 aromatic heterocycles. The molecule has 0 bridgehead atoms. The van der Waals surface area contributed by atoms with Gasteiger partial charge in [0.15, 0.2) is 0 Å². The van der Waals surface area contributed by atoms with Crippen molar-refractivity contribution in [3.63, 3.8) is 0 Å². The number of halogens is 1. The highest BCUT2D eigenvalue weighted by Crippen LogP contribution is 2.09. The molecule has 0 saturated carbocycles. The van der Waals surface area contributed by atoms with Crippen LogP contribution >= 0.6 is 0 Å². The molecule has 0 fully saturated rings. The molecule has 1 nitrogen and oxygen atoms in total. The number of nitrogens with one attached hydrogen (secondary N) is 1. The molecule has 0 atom stereocenters. The first kappa shape index (κ1) is 28.7. The van der Waals surface area contributed by atoms with Crippen molar-refractivity contribution >= 4 is 0 Å². The van der Waals surface area contributed by atoms with Crippen LogP contribution in [0.1, 0.15) is 122 Å². The first-order chi connectivity index (χ1) is 13.9. The molecule has 29 heavy (non-hydrogen) atoms. The number of unbranched alkanes of at least 4 members (excludes halogenated alkanes) is 14. The van der Waals surface area contributed by atoms with Gasteiger partial charge in [-0.15, -0.1) is 0 Å². The second-order valence-electron chi connectivity index (χ2n) is 8.86. The van der Waals surface area contributed by atoms with Crippen LogP contribution in [0.3, 0.4) is 0 Å². The molecule has 0 heterocycles. The molecule has 1 aromatic carbocycles. The van der Waals surface area contributed by atoms with Gasteiger partial charge in [0.1, 0.15) is 6.54 Å². The SMILES string of the molecule is CCCCCCCCCC[NH+](CCCCCCCCCC)Cc1ccccc1.[Br-]. The average molecular weight is 469 g/mol. The van der Waals surface area contributed by atoms with E-state index in [2.05, 4.69) is 44.2 Å². The van der Waals surface area contributed by atoms with Gasteiger partial charge in [0.05, 0.1) is 13.1 Å². The summed E-state index contributed by atoms with van der Waals surface area (Å²) in [6.07, 6.45) is 22.8. The molecule has 0 aliphatic heterocycles. The third kappa shape index (κ3) is 18.2. The fraction of sp³-hybridized carbons (Fsp3) is 0.778. The van der Waals surface area contributed by atoms with Crippen molar-refractivity contribution in [3.8, 4) is 0 Å². The minimum Gasteiger partial charge on any atom is -1.00 e. The molecule has 0 aliphatic rings. The van der Waals surface area contributed by atoms with Gasteiger partial charge < -0.3 is 21.9 Å². The maximum atomic E-state index is 2.31. The lowest BCUT2D eigenvalue weighted by molar-refractivity contribution is -0.914. The summed E-state index contributed by atoms with van der Waals surface area (Å²) in [5.74, 6) is 0. The highest BCUT2D eigenvalue weighted by atomic mass is 79.9. The van der Waals surface area contributed by atoms with E-state index in [4.69, 9.17) is 0 Å². The molecule has 0 spiro atoms. The van der Waals surface area contributed by atoms with E-state index >= 15 is 0 Å². The first-order valence-corrected chi connectivity index (χ1v) is 12.7. The van der Waals surface area contributed by atoms with Gasteiger partial charge >= 0.3 is 0 Å². The van der Waals surface area contributed by atoms with Crippen molar-refractivity contribution in [2.75, 3.05) is 13.1 Å². The predicted molar refractivity (Wildman–Crippen MR) is 126 cm³/mol. The van der Waals surface area contributed by atoms with Gasteiger partial charge in [-0.2, -0.15) is 0 Å². The first-order valence-electron chi connectivity index (χ1n) is 12.7. The molecule has 1 N–H and O–H groups in total. The number of hydrogen-bond donors (Lipinski definition) is 1. The third-order valence-electron chi connectivity index (χ3n) is 6.06. The molecule has 0 saturated heterocycles. The largest absolute Gasteiger partial charge is 1.00 e. The van der Waals surface area contributed by atoms with Crippen LogP contribution in [0.4, 0.5) is 0 Å². The second kappa shape index (κ2) is 22.3. The summed E-state index contributed by atoms with van der Waals surface area (Å²) in [5.41, 5.74) is 1.51. The van der Waals surface area contributed by atoms with Gasteiger partial charge in [-0.3, -0.25) is 0 Å². The van der Waals surface area contributed by atoms with E-state index in [0.717, 1.165) is 0 Å². The fourth-order valence-electron chi connectivity index (χ4n) is 4.20. The lowest BCUT2D eigenvalue weighted by Crippen LogP contribution is -3.10. The van der Waals surface area contributed by atoms with Gasteiger partial charge in [-0.25, -0.2) is 0 Å². The second-order valence-corrected chi connectivity index (χ2v) is 8.86. The smallest absolute Gasteiger partial charge is 0.103 e. The Hall–Kier alpha value is -0.340. The predicted octanol–water partition coefficient (Wildman–Crippen LogP) is 4.36. The number of benzene rings is 1. The topological polar surface area (TPSA) is 4.44 Å². The van der Waals surface area contributed by atoms with Crippen LogP contribution in [0.5, 0.6) is 0 Å². The van der Waals surface area contributed by atoms with Crippen LogP contribution in [0.2, 0.25) is 0 Å². The van der Waals surface area contributed by atoms with Gasteiger partial charge in [-0.1, -0.05) is 121 Å². The summed E-state index contributed by atoms with van der Waals surface area (Å²) < 4.78 is 0. The van der Waals surface area contributed by atoms with E-state index in [9.17, 15) is 0 Å². The zero-order valence-corrected chi connectivity index (χ0v) is 21.3. The summed E-state index contributed by atoms with van der Waals surface area (Å²) in [4.78, 5) is 1.81. The van der Waals surface area contributed by atoms with E-state index < -0.39 is 0 Å². The molecular formula is C27H50BrN. The molecule has 2 heteroatoms. The van der Waals surface area contributed by atoms with Crippen molar-refractivity contribution in [1.82, 2.24) is 0 Å². The molecule has 0 unspecified atom stereocenters. The van der Waals surface area contributed by atoms with E-state index in [1.165, 1.54) is 128 Å². The molecule has 1 rings (SSSR count). The summed E-state index contributed by atoms with van der Waals surface area (Å²) >= 11 is 0. The summed E-state index contributed by atoms with van der Waals surface area (Å²) in [7, 11) is 0. The van der Waals surface area contributed by atoms with Crippen LogP contribution in [0, 0.1) is 0 Å². The van der Waals surface area contributed by atoms with E-state index in [-0.39, 0.29) is 17.0 Å². The Balaban J connectivity index is 0.00000784. The van der Waals surface area contributed by atoms with E-state index in [1.54, 1.807) is 0 Å². The highest BCUT2D eigenvalue weighted by molar-refractivity contribution is 5.13. The summed E-state index contributed by atoms with van der Waals surface area (Å²) in [5, 5.41) is 0. The molecule has 0 radical (unpaired) electrons. The molecule has 170 valence electrons. The number of rotatable bonds is 20. The van der Waals surface area contributed by atoms with Gasteiger partial charge in [-0.05, 0) is 25.7 Å². The maximum Gasteiger partial charge on any atom is 0.103 e. The van der Waals surface area contributed by atoms with Crippen molar-refractivity contribution in [2.24, 2.45) is 0 Å². The van der Waals surface area contributed by atoms with Crippen LogP contribution in [-0.2, 0) is 6.54 Å². The molecule has 0 aliphatic carbocycles. The van der Waals surface area contributed by atoms with Crippen molar-refractivity contribution in [2.45, 2.75) is 123 Å². The average Bonchev–Trinajstić information content (AvgIpc) is 2.72. The fourth-order valence-corrected chi connectivity index (χ4v) is 4.20. The van der Waals surface area contributed by atoms with Crippen molar-refractivity contribution in [1.29, 1.82) is 0 Å². The Bertz CT molecular complexity index is 400. The highest BCUT2D eigenvalue weighted by Gasteiger charge is 2.09. The van der Waals surface area contributed by atoms with Gasteiger partial charge in [0.25, 0.3) is 0 Å². The van der Waals surface area contributed by atoms with E-state index in [0.29, 0.717) is 0 Å². The zero-order valence-electron chi connectivity index (χ0n) is 19.7. The normalized spacial score (nSPS) is 11.0. The van der Waals surface area contributed by atoms with Gasteiger partial charge in [0, 0.05) is 5.56 Å². The monoisotopic (exact) mass is 467 g/mol. The van der Waals surface area contributed by atoms with Gasteiger partial charge in [0.2, 0.25) is 0 Å². The molecule has 1 aromatic rings. The Kier molecular flexibility index (Phi) is 22.1. The summed E-state index contributed by atoms with van der Waals surface area (Å²) in [6, 6.07) is 11.1. The van der Waals surface area contributed by atoms with Crippen LogP contribution in [0.25, 0.3) is 0 Å². The van der Waals surface area contributed by atoms with Crippen molar-refractivity contribution in [3.05, 3.63) is 35.9 Å². The molecular weight excluding hydrogens is 418 g/mol. The Labute approximate surface area is 193 Å². The lowest BCUT2D eigenvalue weighted by atomic mass is 10.1. The lowest BCUT2D eigenvalue weighted by Gasteiger charge is -2.20. The van der Waals surface area contributed by atoms with Crippen molar-refractivity contribution < 1.29 is 21.9 Å². The molecule has 0 amide bonds. The van der Waals surface area contributed by atoms with E-state index in [1.807, 2.05) is 4.90 Å². The van der Waals surface area contributed by atoms with Crippen LogP contribution in [-0.4, -0.2) is 13.1 Å². The Morgan fingerprint density at radius 1 is 0.517 bits per heavy atom. The zero-order chi connectivity index (χ0) is 20.1. The Morgan fingerprint density at radius 2 is 0.897 bits per heavy atom. The van der Waals surface area contributed by atoms with Crippen LogP contribution < -0.4 is 21.9 Å². The van der Waals surface area contributed by atoms with Crippen LogP contribution in [0.15, 0.2) is 30.3 Å². The quantitative estimate of drug-likeness (QED) is 0.271. The third-order valence-corrected chi connectivity index (χ3v) is 6.06. The summed E-state index contributed by atoms with van der Waals surface area (Å²) in [6.45, 7) is 8.54. The maximum absolute atomic E-state index is 2.31. The standard InChI is InChI=1S/C27H49N.BrH/c1-3-5-7-9-11-13-15-20-24-28(26-27-22-18-17-19-23-27)25-21-16-14-12-10-8-6-4-2;/h17-19,22-23H,3-16,20-21,24-26H2,1-2H3;1H. The minimum atomic E-state index is 0. The number of hydrogen-bond acceptors (Lipinski definition) is 0. The minimum absolute atomic E-state index is 0.